The second-order valence-electron chi connectivity index (χ2n) is 7.38. The van der Waals surface area contributed by atoms with Gasteiger partial charge in [0.15, 0.2) is 0 Å². The van der Waals surface area contributed by atoms with Gasteiger partial charge in [-0.3, -0.25) is 4.79 Å². The molecule has 0 amide bonds. The van der Waals surface area contributed by atoms with E-state index < -0.39 is 5.97 Å². The van der Waals surface area contributed by atoms with Crippen molar-refractivity contribution in [1.82, 2.24) is 0 Å². The van der Waals surface area contributed by atoms with Gasteiger partial charge >= 0.3 is 5.97 Å². The topological polar surface area (TPSA) is 50.4 Å². The molecule has 25 heavy (non-hydrogen) atoms. The molecule has 1 N–H and O–H groups in total. The van der Waals surface area contributed by atoms with Gasteiger partial charge in [0, 0.05) is 19.3 Å². The molecule has 0 radical (unpaired) electrons. The van der Waals surface area contributed by atoms with Crippen LogP contribution in [-0.4, -0.2) is 11.1 Å². The standard InChI is InChI=1S/C22H38O3/c1-4-5-12-15-20-18(2)19(3)21(25-20)16-13-10-8-6-7-9-11-14-17-22(23)24/h4-17H2,1-3H3,(H,23,24). The summed E-state index contributed by atoms with van der Waals surface area (Å²) in [5.41, 5.74) is 2.73. The Morgan fingerprint density at radius 1 is 0.760 bits per heavy atom. The van der Waals surface area contributed by atoms with Crippen LogP contribution in [0, 0.1) is 13.8 Å². The molecular weight excluding hydrogens is 312 g/mol. The van der Waals surface area contributed by atoms with Crippen LogP contribution in [-0.2, 0) is 17.6 Å². The Balaban J connectivity index is 2.11. The van der Waals surface area contributed by atoms with E-state index in [0.717, 1.165) is 25.7 Å². The average molecular weight is 351 g/mol. The summed E-state index contributed by atoms with van der Waals surface area (Å²) in [5, 5.41) is 8.59. The molecule has 3 nitrogen and oxygen atoms in total. The summed E-state index contributed by atoms with van der Waals surface area (Å²) in [6.07, 6.45) is 15.6. The molecule has 0 aliphatic carbocycles. The molecule has 0 aliphatic heterocycles. The van der Waals surface area contributed by atoms with E-state index in [4.69, 9.17) is 9.52 Å². The largest absolute Gasteiger partial charge is 0.481 e. The highest BCUT2D eigenvalue weighted by Crippen LogP contribution is 2.25. The van der Waals surface area contributed by atoms with Crippen LogP contribution < -0.4 is 0 Å². The molecule has 0 unspecified atom stereocenters. The first-order valence-corrected chi connectivity index (χ1v) is 10.4. The minimum Gasteiger partial charge on any atom is -0.481 e. The Morgan fingerprint density at radius 3 is 1.68 bits per heavy atom. The maximum absolute atomic E-state index is 10.4. The van der Waals surface area contributed by atoms with E-state index >= 15 is 0 Å². The van der Waals surface area contributed by atoms with Crippen molar-refractivity contribution in [2.75, 3.05) is 0 Å². The second kappa shape index (κ2) is 13.0. The maximum atomic E-state index is 10.4. The van der Waals surface area contributed by atoms with Crippen LogP contribution in [0.1, 0.15) is 107 Å². The number of carbonyl (C=O) groups is 1. The van der Waals surface area contributed by atoms with Crippen molar-refractivity contribution in [3.63, 3.8) is 0 Å². The zero-order valence-corrected chi connectivity index (χ0v) is 16.7. The van der Waals surface area contributed by atoms with Crippen LogP contribution in [0.5, 0.6) is 0 Å². The lowest BCUT2D eigenvalue weighted by atomic mass is 10.0. The van der Waals surface area contributed by atoms with E-state index in [2.05, 4.69) is 20.8 Å². The van der Waals surface area contributed by atoms with Crippen LogP contribution >= 0.6 is 0 Å². The van der Waals surface area contributed by atoms with Crippen molar-refractivity contribution in [2.45, 2.75) is 111 Å². The number of furan rings is 1. The van der Waals surface area contributed by atoms with Gasteiger partial charge in [-0.2, -0.15) is 0 Å². The quantitative estimate of drug-likeness (QED) is 0.355. The van der Waals surface area contributed by atoms with Crippen LogP contribution in [0.4, 0.5) is 0 Å². The third-order valence-corrected chi connectivity index (χ3v) is 5.20. The number of carboxylic acid groups (broad SMARTS) is 1. The fourth-order valence-corrected chi connectivity index (χ4v) is 3.36. The summed E-state index contributed by atoms with van der Waals surface area (Å²) in [6.45, 7) is 6.64. The predicted octanol–water partition coefficient (Wildman–Crippen LogP) is 6.77. The highest BCUT2D eigenvalue weighted by molar-refractivity contribution is 5.66. The lowest BCUT2D eigenvalue weighted by molar-refractivity contribution is -0.137. The summed E-state index contributed by atoms with van der Waals surface area (Å²) in [7, 11) is 0. The van der Waals surface area contributed by atoms with Gasteiger partial charge in [0.25, 0.3) is 0 Å². The molecule has 1 aromatic heterocycles. The summed E-state index contributed by atoms with van der Waals surface area (Å²) in [4.78, 5) is 10.4. The first-order valence-electron chi connectivity index (χ1n) is 10.4. The number of carboxylic acids is 1. The highest BCUT2D eigenvalue weighted by Gasteiger charge is 2.12. The lowest BCUT2D eigenvalue weighted by Crippen LogP contribution is -1.93. The van der Waals surface area contributed by atoms with Gasteiger partial charge < -0.3 is 9.52 Å². The highest BCUT2D eigenvalue weighted by atomic mass is 16.4. The van der Waals surface area contributed by atoms with Crippen molar-refractivity contribution >= 4 is 5.97 Å². The maximum Gasteiger partial charge on any atom is 0.303 e. The van der Waals surface area contributed by atoms with Gasteiger partial charge in [-0.15, -0.1) is 0 Å². The summed E-state index contributed by atoms with van der Waals surface area (Å²) >= 11 is 0. The minimum atomic E-state index is -0.669. The third-order valence-electron chi connectivity index (χ3n) is 5.20. The Kier molecular flexibility index (Phi) is 11.3. The van der Waals surface area contributed by atoms with Crippen molar-refractivity contribution < 1.29 is 14.3 Å². The summed E-state index contributed by atoms with van der Waals surface area (Å²) < 4.78 is 6.14. The first kappa shape index (κ1) is 21.8. The molecule has 0 saturated heterocycles. The van der Waals surface area contributed by atoms with Crippen LogP contribution in [0.15, 0.2) is 4.42 Å². The number of rotatable bonds is 15. The van der Waals surface area contributed by atoms with Crippen molar-refractivity contribution in [1.29, 1.82) is 0 Å². The Bertz CT molecular complexity index is 488. The number of aliphatic carboxylic acids is 1. The zero-order valence-electron chi connectivity index (χ0n) is 16.7. The molecule has 0 spiro atoms. The van der Waals surface area contributed by atoms with E-state index in [-0.39, 0.29) is 0 Å². The SMILES string of the molecule is CCCCCc1oc(CCCCCCCCCCC(=O)O)c(C)c1C. The zero-order chi connectivity index (χ0) is 18.5. The van der Waals surface area contributed by atoms with Gasteiger partial charge in [-0.1, -0.05) is 58.3 Å². The van der Waals surface area contributed by atoms with Crippen molar-refractivity contribution in [3.05, 3.63) is 22.6 Å². The van der Waals surface area contributed by atoms with Gasteiger partial charge in [-0.05, 0) is 44.2 Å². The molecule has 1 rings (SSSR count). The molecule has 144 valence electrons. The van der Waals surface area contributed by atoms with Crippen molar-refractivity contribution in [3.8, 4) is 0 Å². The number of aryl methyl sites for hydroxylation is 2. The van der Waals surface area contributed by atoms with Gasteiger partial charge in [0.1, 0.15) is 11.5 Å². The average Bonchev–Trinajstić information content (AvgIpc) is 2.84. The number of hydrogen-bond donors (Lipinski definition) is 1. The minimum absolute atomic E-state index is 0.322. The van der Waals surface area contributed by atoms with E-state index in [9.17, 15) is 4.79 Å². The fraction of sp³-hybridized carbons (Fsp3) is 0.773. The molecule has 0 aromatic carbocycles. The summed E-state index contributed by atoms with van der Waals surface area (Å²) in [5.74, 6) is 1.75. The van der Waals surface area contributed by atoms with Gasteiger partial charge in [-0.25, -0.2) is 0 Å². The molecule has 3 heteroatoms. The van der Waals surface area contributed by atoms with E-state index in [1.54, 1.807) is 0 Å². The summed E-state index contributed by atoms with van der Waals surface area (Å²) in [6, 6.07) is 0. The van der Waals surface area contributed by atoms with Crippen LogP contribution in [0.25, 0.3) is 0 Å². The second-order valence-corrected chi connectivity index (χ2v) is 7.38. The Morgan fingerprint density at radius 2 is 1.20 bits per heavy atom. The normalized spacial score (nSPS) is 11.2. The first-order chi connectivity index (χ1) is 12.1. The molecule has 1 heterocycles. The molecule has 0 fully saturated rings. The van der Waals surface area contributed by atoms with Gasteiger partial charge in [0.2, 0.25) is 0 Å². The smallest absolute Gasteiger partial charge is 0.303 e. The molecule has 0 aliphatic rings. The number of hydrogen-bond acceptors (Lipinski definition) is 2. The Hall–Kier alpha value is -1.25. The molecule has 0 saturated carbocycles. The van der Waals surface area contributed by atoms with Crippen LogP contribution in [0.3, 0.4) is 0 Å². The third kappa shape index (κ3) is 9.13. The predicted molar refractivity (Wildman–Crippen MR) is 104 cm³/mol. The Labute approximate surface area is 154 Å². The van der Waals surface area contributed by atoms with Crippen molar-refractivity contribution in [2.24, 2.45) is 0 Å². The molecular formula is C22H38O3. The molecule has 0 atom stereocenters. The van der Waals surface area contributed by atoms with E-state index in [1.165, 1.54) is 80.4 Å². The monoisotopic (exact) mass is 350 g/mol. The van der Waals surface area contributed by atoms with Crippen LogP contribution in [0.2, 0.25) is 0 Å². The fourth-order valence-electron chi connectivity index (χ4n) is 3.36. The van der Waals surface area contributed by atoms with E-state index in [0.29, 0.717) is 6.42 Å². The lowest BCUT2D eigenvalue weighted by Gasteiger charge is -2.02. The molecule has 0 bridgehead atoms. The van der Waals surface area contributed by atoms with Gasteiger partial charge in [0.05, 0.1) is 0 Å². The van der Waals surface area contributed by atoms with E-state index in [1.807, 2.05) is 0 Å². The number of unbranched alkanes of at least 4 members (excludes halogenated alkanes) is 9. The molecule has 1 aromatic rings.